The van der Waals surface area contributed by atoms with Gasteiger partial charge in [-0.15, -0.1) is 0 Å². The number of ether oxygens (including phenoxy) is 3. The number of benzene rings is 2. The molecule has 0 aliphatic carbocycles. The Bertz CT molecular complexity index is 1180. The summed E-state index contributed by atoms with van der Waals surface area (Å²) in [4.78, 5) is 19.0. The predicted molar refractivity (Wildman–Crippen MR) is 136 cm³/mol. The van der Waals surface area contributed by atoms with Crippen LogP contribution in [-0.2, 0) is 26.6 Å². The molecule has 0 spiro atoms. The molecule has 3 heterocycles. The Kier molecular flexibility index (Phi) is 7.50. The van der Waals surface area contributed by atoms with E-state index >= 15 is 0 Å². The van der Waals surface area contributed by atoms with Gasteiger partial charge in [-0.2, -0.15) is 0 Å². The highest BCUT2D eigenvalue weighted by Gasteiger charge is 2.45. The number of carbonyl (C=O) groups excluding carboxylic acids is 1. The number of amides is 1. The second-order valence-corrected chi connectivity index (χ2v) is 9.95. The fourth-order valence-corrected chi connectivity index (χ4v) is 5.28. The van der Waals surface area contributed by atoms with E-state index in [4.69, 9.17) is 37.4 Å². The second kappa shape index (κ2) is 10.8. The maximum absolute atomic E-state index is 11.6. The highest BCUT2D eigenvalue weighted by Crippen LogP contribution is 2.40. The zero-order valence-corrected chi connectivity index (χ0v) is 21.5. The van der Waals surface area contributed by atoms with E-state index in [1.54, 1.807) is 31.6 Å². The van der Waals surface area contributed by atoms with Gasteiger partial charge in [-0.05, 0) is 24.3 Å². The lowest BCUT2D eigenvalue weighted by Crippen LogP contribution is -3.10. The molecule has 1 aromatic heterocycles. The number of carbonyl (C=O) groups is 1. The molecule has 1 N–H and O–H groups in total. The minimum Gasteiger partial charge on any atom is -0.491 e. The molecule has 190 valence electrons. The van der Waals surface area contributed by atoms with Gasteiger partial charge in [-0.1, -0.05) is 29.3 Å². The van der Waals surface area contributed by atoms with Crippen LogP contribution in [0.5, 0.6) is 5.75 Å². The highest BCUT2D eigenvalue weighted by molar-refractivity contribution is 6.35. The molecule has 8 nitrogen and oxygen atoms in total. The lowest BCUT2D eigenvalue weighted by Gasteiger charge is -2.31. The SMILES string of the molecule is CC(=O)N1CC[NH+](c2ccc(OC[C@H]3CO[C@](Cn4ccnc4)(c4ccc(Cl)cc4Cl)O3)cc2)CC1. The fraction of sp³-hybridized carbons (Fsp3) is 0.385. The minimum atomic E-state index is -1.08. The summed E-state index contributed by atoms with van der Waals surface area (Å²) in [5, 5.41) is 1.02. The van der Waals surface area contributed by atoms with Gasteiger partial charge in [0, 0.05) is 42.0 Å². The van der Waals surface area contributed by atoms with Crippen molar-refractivity contribution < 1.29 is 23.9 Å². The summed E-state index contributed by atoms with van der Waals surface area (Å²) in [6.07, 6.45) is 4.99. The molecular formula is C26H29Cl2N4O4+. The number of hydrogen-bond donors (Lipinski definition) is 1. The van der Waals surface area contributed by atoms with Crippen LogP contribution in [0.15, 0.2) is 61.2 Å². The molecule has 2 aliphatic heterocycles. The summed E-state index contributed by atoms with van der Waals surface area (Å²) in [5.41, 5.74) is 1.91. The van der Waals surface area contributed by atoms with E-state index in [2.05, 4.69) is 17.1 Å². The van der Waals surface area contributed by atoms with E-state index in [9.17, 15) is 4.79 Å². The first-order chi connectivity index (χ1) is 17.4. The number of nitrogens with one attached hydrogen (secondary N) is 1. The van der Waals surface area contributed by atoms with Gasteiger partial charge >= 0.3 is 0 Å². The maximum atomic E-state index is 11.6. The second-order valence-electron chi connectivity index (χ2n) is 9.11. The largest absolute Gasteiger partial charge is 0.491 e. The Balaban J connectivity index is 1.22. The number of quaternary nitrogens is 1. The average Bonchev–Trinajstić information content (AvgIpc) is 3.54. The van der Waals surface area contributed by atoms with Crippen molar-refractivity contribution >= 4 is 34.8 Å². The first-order valence-corrected chi connectivity index (χ1v) is 12.7. The maximum Gasteiger partial charge on any atom is 0.219 e. The van der Waals surface area contributed by atoms with E-state index < -0.39 is 5.79 Å². The normalized spacial score (nSPS) is 22.6. The van der Waals surface area contributed by atoms with Crippen molar-refractivity contribution in [2.75, 3.05) is 39.4 Å². The van der Waals surface area contributed by atoms with Gasteiger partial charge in [0.15, 0.2) is 0 Å². The van der Waals surface area contributed by atoms with E-state index in [0.717, 1.165) is 31.9 Å². The minimum absolute atomic E-state index is 0.142. The van der Waals surface area contributed by atoms with E-state index in [-0.39, 0.29) is 12.0 Å². The smallest absolute Gasteiger partial charge is 0.219 e. The molecule has 1 amide bonds. The first kappa shape index (κ1) is 25.0. The average molecular weight is 532 g/mol. The molecule has 5 rings (SSSR count). The third kappa shape index (κ3) is 5.53. The molecule has 2 fully saturated rings. The number of hydrogen-bond acceptors (Lipinski definition) is 5. The summed E-state index contributed by atoms with van der Waals surface area (Å²) < 4.78 is 20.6. The van der Waals surface area contributed by atoms with E-state index in [0.29, 0.717) is 35.4 Å². The Morgan fingerprint density at radius 1 is 1.19 bits per heavy atom. The van der Waals surface area contributed by atoms with Gasteiger partial charge in [-0.25, -0.2) is 4.98 Å². The third-order valence-corrected chi connectivity index (χ3v) is 7.21. The Morgan fingerprint density at radius 2 is 1.97 bits per heavy atom. The van der Waals surface area contributed by atoms with Crippen LogP contribution in [0.2, 0.25) is 10.0 Å². The van der Waals surface area contributed by atoms with Crippen molar-refractivity contribution in [1.29, 1.82) is 0 Å². The van der Waals surface area contributed by atoms with Gasteiger partial charge in [0.05, 0.1) is 50.7 Å². The Morgan fingerprint density at radius 3 is 2.64 bits per heavy atom. The number of piperazine rings is 1. The van der Waals surface area contributed by atoms with Crippen LogP contribution in [0.4, 0.5) is 5.69 Å². The topological polar surface area (TPSA) is 70.3 Å². The van der Waals surface area contributed by atoms with Crippen molar-refractivity contribution in [1.82, 2.24) is 14.5 Å². The quantitative estimate of drug-likeness (QED) is 0.507. The van der Waals surface area contributed by atoms with Gasteiger partial charge < -0.3 is 23.7 Å². The summed E-state index contributed by atoms with van der Waals surface area (Å²) in [6.45, 7) is 6.07. The highest BCUT2D eigenvalue weighted by atomic mass is 35.5. The standard InChI is InChI=1S/C26H28Cl2N4O4/c1-19(33)31-10-12-32(13-11-31)21-3-5-22(6-4-21)34-15-23-16-35-26(36-23,17-30-9-8-29-18-30)24-7-2-20(27)14-25(24)28/h2-9,14,18,23H,10-13,15-17H2,1H3/p+1/t23-,26-/m0/s1. The van der Waals surface area contributed by atoms with Crippen LogP contribution >= 0.6 is 23.2 Å². The van der Waals surface area contributed by atoms with Crippen LogP contribution in [0.3, 0.4) is 0 Å². The van der Waals surface area contributed by atoms with Crippen LogP contribution in [0, 0.1) is 0 Å². The van der Waals surface area contributed by atoms with Crippen molar-refractivity contribution in [3.05, 3.63) is 76.8 Å². The zero-order valence-electron chi connectivity index (χ0n) is 20.0. The molecule has 3 aromatic rings. The van der Waals surface area contributed by atoms with E-state index in [1.807, 2.05) is 33.9 Å². The van der Waals surface area contributed by atoms with Crippen molar-refractivity contribution in [3.8, 4) is 5.75 Å². The summed E-state index contributed by atoms with van der Waals surface area (Å²) >= 11 is 12.7. The molecular weight excluding hydrogens is 503 g/mol. The van der Waals surface area contributed by atoms with Gasteiger partial charge in [0.2, 0.25) is 11.7 Å². The van der Waals surface area contributed by atoms with Gasteiger partial charge in [0.1, 0.15) is 24.1 Å². The zero-order chi connectivity index (χ0) is 25.1. The van der Waals surface area contributed by atoms with Crippen LogP contribution in [-0.4, -0.2) is 65.9 Å². The number of imidazole rings is 1. The number of aromatic nitrogens is 2. The number of nitrogens with zero attached hydrogens (tertiary/aromatic N) is 3. The number of rotatable bonds is 7. The molecule has 2 atom stereocenters. The van der Waals surface area contributed by atoms with Crippen molar-refractivity contribution in [2.24, 2.45) is 0 Å². The molecule has 0 bridgehead atoms. The van der Waals surface area contributed by atoms with Crippen LogP contribution < -0.4 is 9.64 Å². The van der Waals surface area contributed by atoms with Crippen molar-refractivity contribution in [3.63, 3.8) is 0 Å². The summed E-state index contributed by atoms with van der Waals surface area (Å²) in [6, 6.07) is 13.4. The van der Waals surface area contributed by atoms with Crippen LogP contribution in [0.1, 0.15) is 12.5 Å². The molecule has 2 saturated heterocycles. The third-order valence-electron chi connectivity index (χ3n) is 6.66. The first-order valence-electron chi connectivity index (χ1n) is 12.0. The molecule has 0 radical (unpaired) electrons. The molecule has 2 aromatic carbocycles. The predicted octanol–water partition coefficient (Wildman–Crippen LogP) is 2.92. The molecule has 36 heavy (non-hydrogen) atoms. The number of halogens is 2. The van der Waals surface area contributed by atoms with Crippen molar-refractivity contribution in [2.45, 2.75) is 25.4 Å². The summed E-state index contributed by atoms with van der Waals surface area (Å²) in [7, 11) is 0. The fourth-order valence-electron chi connectivity index (χ4n) is 4.73. The molecule has 0 unspecified atom stereocenters. The Hall–Kier alpha value is -2.62. The van der Waals surface area contributed by atoms with Crippen LogP contribution in [0.25, 0.3) is 0 Å². The molecule has 0 saturated carbocycles. The lowest BCUT2D eigenvalue weighted by atomic mass is 10.1. The molecule has 2 aliphatic rings. The van der Waals surface area contributed by atoms with Gasteiger partial charge in [-0.3, -0.25) is 9.69 Å². The monoisotopic (exact) mass is 531 g/mol. The summed E-state index contributed by atoms with van der Waals surface area (Å²) in [5.74, 6) is -0.171. The van der Waals surface area contributed by atoms with Gasteiger partial charge in [0.25, 0.3) is 0 Å². The van der Waals surface area contributed by atoms with E-state index in [1.165, 1.54) is 10.6 Å². The lowest BCUT2D eigenvalue weighted by molar-refractivity contribution is -0.837. The Labute approximate surface area is 220 Å². The molecule has 10 heteroatoms.